The Labute approximate surface area is 81.6 Å². The van der Waals surface area contributed by atoms with Gasteiger partial charge in [-0.3, -0.25) is 11.3 Å². The molecule has 0 saturated heterocycles. The van der Waals surface area contributed by atoms with Gasteiger partial charge in [0.1, 0.15) is 0 Å². The van der Waals surface area contributed by atoms with E-state index in [9.17, 15) is 0 Å². The van der Waals surface area contributed by atoms with E-state index in [1.807, 2.05) is 6.08 Å². The van der Waals surface area contributed by atoms with E-state index in [0.29, 0.717) is 11.5 Å². The highest BCUT2D eigenvalue weighted by atomic mass is 15.2. The van der Waals surface area contributed by atoms with Crippen LogP contribution in [0.15, 0.2) is 12.7 Å². The average Bonchev–Trinajstić information content (AvgIpc) is 2.15. The molecule has 1 aliphatic carbocycles. The Hall–Kier alpha value is -0.340. The van der Waals surface area contributed by atoms with Crippen LogP contribution in [0, 0.1) is 5.41 Å². The monoisotopic (exact) mass is 182 g/mol. The highest BCUT2D eigenvalue weighted by Gasteiger charge is 2.33. The summed E-state index contributed by atoms with van der Waals surface area (Å²) >= 11 is 0. The third-order valence-electron chi connectivity index (χ3n) is 3.44. The molecule has 2 nitrogen and oxygen atoms in total. The predicted octanol–water partition coefficient (Wildman–Crippen LogP) is 2.36. The minimum absolute atomic E-state index is 0.390. The van der Waals surface area contributed by atoms with Crippen LogP contribution < -0.4 is 11.3 Å². The van der Waals surface area contributed by atoms with Gasteiger partial charge in [0.05, 0.1) is 0 Å². The van der Waals surface area contributed by atoms with Crippen molar-refractivity contribution < 1.29 is 0 Å². The lowest BCUT2D eigenvalue weighted by Crippen LogP contribution is -2.47. The van der Waals surface area contributed by atoms with Gasteiger partial charge in [-0.15, -0.1) is 6.58 Å². The van der Waals surface area contributed by atoms with Crippen molar-refractivity contribution in [2.45, 2.75) is 51.5 Å². The number of hydrogen-bond acceptors (Lipinski definition) is 2. The summed E-state index contributed by atoms with van der Waals surface area (Å²) in [5.41, 5.74) is 3.33. The molecule has 0 radical (unpaired) electrons. The fourth-order valence-corrected chi connectivity index (χ4v) is 2.43. The van der Waals surface area contributed by atoms with Crippen LogP contribution in [-0.4, -0.2) is 6.04 Å². The highest BCUT2D eigenvalue weighted by molar-refractivity contribution is 4.92. The lowest BCUT2D eigenvalue weighted by atomic mass is 9.70. The molecule has 1 atom stereocenters. The van der Waals surface area contributed by atoms with Crippen molar-refractivity contribution >= 4 is 0 Å². The van der Waals surface area contributed by atoms with Gasteiger partial charge in [-0.2, -0.15) is 0 Å². The van der Waals surface area contributed by atoms with Crippen LogP contribution in [0.1, 0.15) is 45.4 Å². The Morgan fingerprint density at radius 2 is 2.08 bits per heavy atom. The zero-order chi connectivity index (χ0) is 9.73. The second-order valence-electron chi connectivity index (χ2n) is 4.46. The first-order valence-corrected chi connectivity index (χ1v) is 5.30. The molecule has 0 spiro atoms. The van der Waals surface area contributed by atoms with Crippen molar-refractivity contribution in [1.29, 1.82) is 0 Å². The SMILES string of the molecule is C=CCC(NN)C1(C)CCCCC1. The average molecular weight is 182 g/mol. The van der Waals surface area contributed by atoms with Gasteiger partial charge in [0.25, 0.3) is 0 Å². The number of hydrazine groups is 1. The molecule has 2 heteroatoms. The van der Waals surface area contributed by atoms with Crippen molar-refractivity contribution in [3.8, 4) is 0 Å². The van der Waals surface area contributed by atoms with E-state index in [-0.39, 0.29) is 0 Å². The Morgan fingerprint density at radius 3 is 2.54 bits per heavy atom. The van der Waals surface area contributed by atoms with Gasteiger partial charge in [-0.05, 0) is 24.7 Å². The van der Waals surface area contributed by atoms with Crippen LogP contribution in [0.2, 0.25) is 0 Å². The summed E-state index contributed by atoms with van der Waals surface area (Å²) < 4.78 is 0. The van der Waals surface area contributed by atoms with Crippen molar-refractivity contribution in [1.82, 2.24) is 5.43 Å². The summed E-state index contributed by atoms with van der Waals surface area (Å²) in [4.78, 5) is 0. The summed E-state index contributed by atoms with van der Waals surface area (Å²) in [7, 11) is 0. The molecule has 13 heavy (non-hydrogen) atoms. The minimum atomic E-state index is 0.390. The van der Waals surface area contributed by atoms with E-state index in [4.69, 9.17) is 5.84 Å². The minimum Gasteiger partial charge on any atom is -0.271 e. The zero-order valence-electron chi connectivity index (χ0n) is 8.68. The molecule has 1 saturated carbocycles. The fourth-order valence-electron chi connectivity index (χ4n) is 2.43. The van der Waals surface area contributed by atoms with E-state index in [1.165, 1.54) is 32.1 Å². The Kier molecular flexibility index (Phi) is 3.94. The van der Waals surface area contributed by atoms with E-state index in [1.54, 1.807) is 0 Å². The van der Waals surface area contributed by atoms with Gasteiger partial charge in [0, 0.05) is 6.04 Å². The highest BCUT2D eigenvalue weighted by Crippen LogP contribution is 2.39. The van der Waals surface area contributed by atoms with Gasteiger partial charge in [-0.25, -0.2) is 0 Å². The first kappa shape index (κ1) is 10.7. The van der Waals surface area contributed by atoms with Gasteiger partial charge >= 0.3 is 0 Å². The summed E-state index contributed by atoms with van der Waals surface area (Å²) in [6, 6.07) is 0.408. The quantitative estimate of drug-likeness (QED) is 0.398. The second-order valence-corrected chi connectivity index (χ2v) is 4.46. The van der Waals surface area contributed by atoms with Crippen LogP contribution in [0.4, 0.5) is 0 Å². The lowest BCUT2D eigenvalue weighted by Gasteiger charge is -2.40. The fraction of sp³-hybridized carbons (Fsp3) is 0.818. The first-order chi connectivity index (χ1) is 6.23. The Balaban J connectivity index is 2.57. The molecule has 0 aromatic carbocycles. The summed E-state index contributed by atoms with van der Waals surface area (Å²) in [6.45, 7) is 6.13. The molecule has 0 heterocycles. The molecule has 1 aliphatic rings. The molecular weight excluding hydrogens is 160 g/mol. The Bertz CT molecular complexity index is 159. The summed E-state index contributed by atoms with van der Waals surface area (Å²) in [5.74, 6) is 5.58. The number of rotatable bonds is 4. The number of nitrogens with two attached hydrogens (primary N) is 1. The van der Waals surface area contributed by atoms with Gasteiger partial charge in [-0.1, -0.05) is 32.3 Å². The largest absolute Gasteiger partial charge is 0.271 e. The van der Waals surface area contributed by atoms with Crippen LogP contribution in [0.5, 0.6) is 0 Å². The maximum Gasteiger partial charge on any atom is 0.0298 e. The van der Waals surface area contributed by atoms with Crippen LogP contribution in [0.3, 0.4) is 0 Å². The summed E-state index contributed by atoms with van der Waals surface area (Å²) in [5, 5.41) is 0. The van der Waals surface area contributed by atoms with Crippen LogP contribution in [-0.2, 0) is 0 Å². The molecule has 0 bridgehead atoms. The Morgan fingerprint density at radius 1 is 1.46 bits per heavy atom. The predicted molar refractivity (Wildman–Crippen MR) is 57.1 cm³/mol. The van der Waals surface area contributed by atoms with Gasteiger partial charge in [0.2, 0.25) is 0 Å². The maximum atomic E-state index is 5.58. The molecular formula is C11H22N2. The molecule has 0 aromatic heterocycles. The van der Waals surface area contributed by atoms with Crippen molar-refractivity contribution in [3.63, 3.8) is 0 Å². The topological polar surface area (TPSA) is 38.0 Å². The maximum absolute atomic E-state index is 5.58. The lowest BCUT2D eigenvalue weighted by molar-refractivity contribution is 0.145. The van der Waals surface area contributed by atoms with Crippen molar-refractivity contribution in [3.05, 3.63) is 12.7 Å². The first-order valence-electron chi connectivity index (χ1n) is 5.30. The van der Waals surface area contributed by atoms with E-state index >= 15 is 0 Å². The van der Waals surface area contributed by atoms with E-state index in [2.05, 4.69) is 18.9 Å². The van der Waals surface area contributed by atoms with Crippen molar-refractivity contribution in [2.75, 3.05) is 0 Å². The van der Waals surface area contributed by atoms with Crippen LogP contribution >= 0.6 is 0 Å². The second kappa shape index (κ2) is 4.77. The molecule has 0 aromatic rings. The third kappa shape index (κ3) is 2.55. The molecule has 3 N–H and O–H groups in total. The standard InChI is InChI=1S/C11H22N2/c1-3-7-10(13-12)11(2)8-5-4-6-9-11/h3,10,13H,1,4-9,12H2,2H3. The normalized spacial score (nSPS) is 23.8. The molecule has 0 aliphatic heterocycles. The van der Waals surface area contributed by atoms with Crippen LogP contribution in [0.25, 0.3) is 0 Å². The molecule has 1 fully saturated rings. The van der Waals surface area contributed by atoms with Gasteiger partial charge < -0.3 is 0 Å². The summed E-state index contributed by atoms with van der Waals surface area (Å²) in [6.07, 6.45) is 9.64. The number of nitrogens with one attached hydrogen (secondary N) is 1. The molecule has 76 valence electrons. The zero-order valence-corrected chi connectivity index (χ0v) is 8.68. The molecule has 0 amide bonds. The number of hydrogen-bond donors (Lipinski definition) is 2. The smallest absolute Gasteiger partial charge is 0.0298 e. The van der Waals surface area contributed by atoms with Crippen molar-refractivity contribution in [2.24, 2.45) is 11.3 Å². The van der Waals surface area contributed by atoms with E-state index in [0.717, 1.165) is 6.42 Å². The third-order valence-corrected chi connectivity index (χ3v) is 3.44. The van der Waals surface area contributed by atoms with Gasteiger partial charge in [0.15, 0.2) is 0 Å². The molecule has 1 rings (SSSR count). The molecule has 1 unspecified atom stereocenters. The van der Waals surface area contributed by atoms with E-state index < -0.39 is 0 Å².